The Labute approximate surface area is 171 Å². The Morgan fingerprint density at radius 3 is 2.79 bits per heavy atom. The van der Waals surface area contributed by atoms with E-state index in [1.54, 1.807) is 7.11 Å². The van der Waals surface area contributed by atoms with E-state index in [4.69, 9.17) is 19.0 Å². The summed E-state index contributed by atoms with van der Waals surface area (Å²) < 4.78 is 16.5. The summed E-state index contributed by atoms with van der Waals surface area (Å²) in [5, 5.41) is 4.31. The Bertz CT molecular complexity index is 838. The molecule has 0 radical (unpaired) electrons. The predicted molar refractivity (Wildman–Crippen MR) is 107 cm³/mol. The van der Waals surface area contributed by atoms with Gasteiger partial charge in [0.25, 0.3) is 5.91 Å². The minimum Gasteiger partial charge on any atom is -0.484 e. The van der Waals surface area contributed by atoms with Crippen LogP contribution in [0, 0.1) is 6.92 Å². The first-order valence-corrected chi connectivity index (χ1v) is 10.4. The molecule has 4 rings (SSSR count). The van der Waals surface area contributed by atoms with E-state index < -0.39 is 0 Å². The molecule has 2 heterocycles. The topological polar surface area (TPSA) is 77.7 Å². The molecule has 2 fully saturated rings. The predicted octanol–water partition coefficient (Wildman–Crippen LogP) is 3.23. The molecule has 1 saturated heterocycles. The molecule has 29 heavy (non-hydrogen) atoms. The number of piperidine rings is 1. The summed E-state index contributed by atoms with van der Waals surface area (Å²) in [6.45, 7) is 4.02. The van der Waals surface area contributed by atoms with Crippen LogP contribution in [0.3, 0.4) is 0 Å². The zero-order valence-electron chi connectivity index (χ0n) is 17.2. The molecule has 0 bridgehead atoms. The second-order valence-electron chi connectivity index (χ2n) is 8.24. The number of rotatable bonds is 8. The third kappa shape index (κ3) is 4.61. The molecule has 1 aliphatic heterocycles. The van der Waals surface area contributed by atoms with Gasteiger partial charge in [-0.15, -0.1) is 0 Å². The molecule has 7 heteroatoms. The molecular formula is C22H29N3O4. The van der Waals surface area contributed by atoms with E-state index in [0.29, 0.717) is 25.6 Å². The second-order valence-corrected chi connectivity index (χ2v) is 8.24. The van der Waals surface area contributed by atoms with E-state index in [1.807, 2.05) is 36.1 Å². The van der Waals surface area contributed by atoms with Crippen LogP contribution in [-0.4, -0.2) is 54.4 Å². The molecule has 0 spiro atoms. The number of methoxy groups -OCH3 is 1. The van der Waals surface area contributed by atoms with Crippen LogP contribution in [0.15, 0.2) is 28.8 Å². The molecule has 0 unspecified atom stereocenters. The molecule has 0 atom stereocenters. The Balaban J connectivity index is 1.37. The Morgan fingerprint density at radius 2 is 2.10 bits per heavy atom. The van der Waals surface area contributed by atoms with E-state index in [2.05, 4.69) is 5.16 Å². The van der Waals surface area contributed by atoms with Crippen LogP contribution in [0.2, 0.25) is 0 Å². The normalized spacial score (nSPS) is 18.6. The number of benzene rings is 1. The highest BCUT2D eigenvalue weighted by Crippen LogP contribution is 2.42. The number of carbonyl (C=O) groups is 1. The Morgan fingerprint density at radius 1 is 1.31 bits per heavy atom. The van der Waals surface area contributed by atoms with Gasteiger partial charge in [0.2, 0.25) is 5.89 Å². The largest absolute Gasteiger partial charge is 0.484 e. The molecule has 1 aromatic heterocycles. The minimum atomic E-state index is -0.194. The van der Waals surface area contributed by atoms with Crippen LogP contribution in [0.25, 0.3) is 0 Å². The first-order valence-electron chi connectivity index (χ1n) is 10.4. The maximum atomic E-state index is 12.6. The van der Waals surface area contributed by atoms with Crippen LogP contribution in [0.5, 0.6) is 5.75 Å². The Hall–Kier alpha value is -2.41. The molecule has 1 aromatic carbocycles. The van der Waals surface area contributed by atoms with Gasteiger partial charge < -0.3 is 18.9 Å². The highest BCUT2D eigenvalue weighted by atomic mass is 16.5. The second kappa shape index (κ2) is 8.53. The summed E-state index contributed by atoms with van der Waals surface area (Å²) >= 11 is 0. The summed E-state index contributed by atoms with van der Waals surface area (Å²) in [6, 6.07) is 7.75. The molecule has 1 saturated carbocycles. The van der Waals surface area contributed by atoms with Crippen LogP contribution < -0.4 is 4.74 Å². The molecule has 1 aliphatic carbocycles. The quantitative estimate of drug-likeness (QED) is 0.678. The standard InChI is InChI=1S/C22H29N3O4/c1-16-4-3-5-18(14-16)28-15-19(26)25-11-8-22(9-12-25,10-13-27-2)21-23-20(29-24-21)17-6-7-17/h3-5,14,17H,6-13,15H2,1-2H3. The molecule has 2 aliphatic rings. The van der Waals surface area contributed by atoms with Gasteiger partial charge in [-0.1, -0.05) is 17.3 Å². The highest BCUT2D eigenvalue weighted by molar-refractivity contribution is 5.78. The van der Waals surface area contributed by atoms with Gasteiger partial charge >= 0.3 is 0 Å². The van der Waals surface area contributed by atoms with Crippen molar-refractivity contribution in [2.45, 2.75) is 50.4 Å². The lowest BCUT2D eigenvalue weighted by Gasteiger charge is -2.39. The van der Waals surface area contributed by atoms with Crippen molar-refractivity contribution >= 4 is 5.91 Å². The van der Waals surface area contributed by atoms with Crippen LogP contribution in [0.1, 0.15) is 55.3 Å². The average Bonchev–Trinajstić information content (AvgIpc) is 3.47. The van der Waals surface area contributed by atoms with Crippen molar-refractivity contribution in [3.63, 3.8) is 0 Å². The van der Waals surface area contributed by atoms with Crippen molar-refractivity contribution in [3.8, 4) is 5.75 Å². The molecule has 156 valence electrons. The van der Waals surface area contributed by atoms with Crippen LogP contribution in [-0.2, 0) is 14.9 Å². The van der Waals surface area contributed by atoms with E-state index in [-0.39, 0.29) is 17.9 Å². The number of amides is 1. The SMILES string of the molecule is COCCC1(c2noc(C3CC3)n2)CCN(C(=O)COc2cccc(C)c2)CC1. The maximum absolute atomic E-state index is 12.6. The molecule has 1 amide bonds. The van der Waals surface area contributed by atoms with Gasteiger partial charge in [-0.05, 0) is 56.7 Å². The summed E-state index contributed by atoms with van der Waals surface area (Å²) in [5.41, 5.74) is 0.919. The van der Waals surface area contributed by atoms with Gasteiger partial charge in [0, 0.05) is 38.1 Å². The lowest BCUT2D eigenvalue weighted by molar-refractivity contribution is -0.135. The summed E-state index contributed by atoms with van der Waals surface area (Å²) in [7, 11) is 1.71. The Kier molecular flexibility index (Phi) is 5.85. The molecular weight excluding hydrogens is 370 g/mol. The van der Waals surface area contributed by atoms with Crippen molar-refractivity contribution < 1.29 is 18.8 Å². The number of carbonyl (C=O) groups excluding carboxylic acids is 1. The van der Waals surface area contributed by atoms with Crippen molar-refractivity contribution in [1.29, 1.82) is 0 Å². The van der Waals surface area contributed by atoms with Gasteiger partial charge in [0.05, 0.1) is 0 Å². The number of nitrogens with zero attached hydrogens (tertiary/aromatic N) is 3. The van der Waals surface area contributed by atoms with Gasteiger partial charge in [-0.3, -0.25) is 4.79 Å². The summed E-state index contributed by atoms with van der Waals surface area (Å²) in [4.78, 5) is 19.2. The van der Waals surface area contributed by atoms with Crippen molar-refractivity contribution in [2.75, 3.05) is 33.4 Å². The van der Waals surface area contributed by atoms with Crippen molar-refractivity contribution in [3.05, 3.63) is 41.5 Å². The number of hydrogen-bond donors (Lipinski definition) is 0. The van der Waals surface area contributed by atoms with E-state index in [9.17, 15) is 4.79 Å². The molecule has 0 N–H and O–H groups in total. The highest BCUT2D eigenvalue weighted by Gasteiger charge is 2.42. The number of aryl methyl sites for hydroxylation is 1. The minimum absolute atomic E-state index is 0.0126. The lowest BCUT2D eigenvalue weighted by atomic mass is 9.75. The first kappa shape index (κ1) is 19.9. The van der Waals surface area contributed by atoms with Gasteiger partial charge in [-0.2, -0.15) is 4.98 Å². The zero-order valence-corrected chi connectivity index (χ0v) is 17.2. The molecule has 2 aromatic rings. The summed E-state index contributed by atoms with van der Waals surface area (Å²) in [6.07, 6.45) is 4.70. The smallest absolute Gasteiger partial charge is 0.260 e. The van der Waals surface area contributed by atoms with Crippen LogP contribution >= 0.6 is 0 Å². The van der Waals surface area contributed by atoms with E-state index in [0.717, 1.165) is 55.1 Å². The van der Waals surface area contributed by atoms with Crippen LogP contribution in [0.4, 0.5) is 0 Å². The fourth-order valence-electron chi connectivity index (χ4n) is 3.96. The zero-order chi connectivity index (χ0) is 20.3. The average molecular weight is 399 g/mol. The third-order valence-corrected chi connectivity index (χ3v) is 6.05. The van der Waals surface area contributed by atoms with Crippen molar-refractivity contribution in [2.24, 2.45) is 0 Å². The lowest BCUT2D eigenvalue weighted by Crippen LogP contribution is -2.47. The van der Waals surface area contributed by atoms with Crippen molar-refractivity contribution in [1.82, 2.24) is 15.0 Å². The fourth-order valence-corrected chi connectivity index (χ4v) is 3.96. The van der Waals surface area contributed by atoms with E-state index in [1.165, 1.54) is 0 Å². The number of ether oxygens (including phenoxy) is 2. The number of likely N-dealkylation sites (tertiary alicyclic amines) is 1. The monoisotopic (exact) mass is 399 g/mol. The first-order chi connectivity index (χ1) is 14.1. The van der Waals surface area contributed by atoms with E-state index >= 15 is 0 Å². The van der Waals surface area contributed by atoms with Gasteiger partial charge in [0.15, 0.2) is 12.4 Å². The summed E-state index contributed by atoms with van der Waals surface area (Å²) in [5.74, 6) is 2.72. The third-order valence-electron chi connectivity index (χ3n) is 6.05. The maximum Gasteiger partial charge on any atom is 0.260 e. The van der Waals surface area contributed by atoms with Gasteiger partial charge in [-0.25, -0.2) is 0 Å². The number of hydrogen-bond acceptors (Lipinski definition) is 6. The van der Waals surface area contributed by atoms with Gasteiger partial charge in [0.1, 0.15) is 5.75 Å². The fraction of sp³-hybridized carbons (Fsp3) is 0.591. The number of aromatic nitrogens is 2. The molecule has 7 nitrogen and oxygen atoms in total.